The number of urea groups is 1. The standard InChI is InChI=1S/C18H16Cl2N2O2/c1-18(11-12-6-4-3-5-7-12)16(23)22(17(24)21(18)2)15-9-13(19)8-14(20)10-15/h3-10H,11H2,1-2H3/t18-/m0/s1. The lowest BCUT2D eigenvalue weighted by Crippen LogP contribution is -2.47. The van der Waals surface area contributed by atoms with Gasteiger partial charge in [-0.3, -0.25) is 4.79 Å². The molecule has 0 bridgehead atoms. The molecule has 3 amide bonds. The molecule has 24 heavy (non-hydrogen) atoms. The lowest BCUT2D eigenvalue weighted by Gasteiger charge is -2.28. The first-order chi connectivity index (χ1) is 11.3. The minimum Gasteiger partial charge on any atom is -0.312 e. The van der Waals surface area contributed by atoms with E-state index >= 15 is 0 Å². The maximum atomic E-state index is 13.1. The number of likely N-dealkylation sites (N-methyl/N-ethyl adjacent to an activating group) is 1. The predicted octanol–water partition coefficient (Wildman–Crippen LogP) is 4.39. The molecule has 0 aliphatic carbocycles. The lowest BCUT2D eigenvalue weighted by molar-refractivity contribution is -0.123. The Morgan fingerprint density at radius 1 is 1.00 bits per heavy atom. The smallest absolute Gasteiger partial charge is 0.312 e. The number of nitrogens with zero attached hydrogens (tertiary/aromatic N) is 2. The molecular weight excluding hydrogens is 347 g/mol. The van der Waals surface area contributed by atoms with Crippen LogP contribution in [0.15, 0.2) is 48.5 Å². The first kappa shape index (κ1) is 16.8. The summed E-state index contributed by atoms with van der Waals surface area (Å²) in [5.74, 6) is -0.294. The van der Waals surface area contributed by atoms with E-state index in [4.69, 9.17) is 23.2 Å². The van der Waals surface area contributed by atoms with E-state index in [1.807, 2.05) is 30.3 Å². The molecule has 1 aliphatic heterocycles. The van der Waals surface area contributed by atoms with Gasteiger partial charge in [0.2, 0.25) is 0 Å². The number of benzene rings is 2. The maximum Gasteiger partial charge on any atom is 0.332 e. The molecule has 1 saturated heterocycles. The summed E-state index contributed by atoms with van der Waals surface area (Å²) in [6.07, 6.45) is 0.430. The van der Waals surface area contributed by atoms with E-state index in [2.05, 4.69) is 0 Å². The van der Waals surface area contributed by atoms with Gasteiger partial charge in [-0.05, 0) is 30.7 Å². The fourth-order valence-corrected chi connectivity index (χ4v) is 3.43. The number of imide groups is 1. The molecule has 0 aromatic heterocycles. The molecule has 0 saturated carbocycles. The topological polar surface area (TPSA) is 40.6 Å². The van der Waals surface area contributed by atoms with Crippen LogP contribution in [0.5, 0.6) is 0 Å². The molecule has 0 unspecified atom stereocenters. The van der Waals surface area contributed by atoms with E-state index in [1.54, 1.807) is 32.2 Å². The van der Waals surface area contributed by atoms with Crippen LogP contribution >= 0.6 is 23.2 Å². The highest BCUT2D eigenvalue weighted by atomic mass is 35.5. The van der Waals surface area contributed by atoms with Crippen LogP contribution in [0.3, 0.4) is 0 Å². The molecule has 4 nitrogen and oxygen atoms in total. The molecule has 0 spiro atoms. The summed E-state index contributed by atoms with van der Waals surface area (Å²) < 4.78 is 0. The second-order valence-electron chi connectivity index (χ2n) is 6.05. The van der Waals surface area contributed by atoms with Crippen molar-refractivity contribution in [3.63, 3.8) is 0 Å². The van der Waals surface area contributed by atoms with Gasteiger partial charge in [0.1, 0.15) is 5.54 Å². The third kappa shape index (κ3) is 2.76. The third-order valence-electron chi connectivity index (χ3n) is 4.38. The van der Waals surface area contributed by atoms with Crippen LogP contribution in [0.2, 0.25) is 10.0 Å². The zero-order valence-electron chi connectivity index (χ0n) is 13.3. The molecule has 2 aromatic carbocycles. The summed E-state index contributed by atoms with van der Waals surface area (Å²) in [4.78, 5) is 28.4. The molecule has 1 aliphatic rings. The number of carbonyl (C=O) groups is 2. The Kier molecular flexibility index (Phi) is 4.28. The summed E-state index contributed by atoms with van der Waals surface area (Å²) in [5.41, 5.74) is 0.401. The molecule has 1 atom stereocenters. The van der Waals surface area contributed by atoms with Crippen molar-refractivity contribution in [2.45, 2.75) is 18.9 Å². The van der Waals surface area contributed by atoms with Crippen molar-refractivity contribution in [3.8, 4) is 0 Å². The van der Waals surface area contributed by atoms with Gasteiger partial charge in [-0.2, -0.15) is 0 Å². The van der Waals surface area contributed by atoms with Crippen molar-refractivity contribution in [2.24, 2.45) is 0 Å². The van der Waals surface area contributed by atoms with Crippen LogP contribution in [0.25, 0.3) is 0 Å². The summed E-state index contributed by atoms with van der Waals surface area (Å²) in [5, 5.41) is 0.745. The molecular formula is C18H16Cl2N2O2. The van der Waals surface area contributed by atoms with Gasteiger partial charge >= 0.3 is 6.03 Å². The van der Waals surface area contributed by atoms with Crippen LogP contribution in [-0.2, 0) is 11.2 Å². The molecule has 124 valence electrons. The second-order valence-corrected chi connectivity index (χ2v) is 6.92. The lowest BCUT2D eigenvalue weighted by atomic mass is 9.91. The number of halogens is 2. The van der Waals surface area contributed by atoms with Crippen LogP contribution in [-0.4, -0.2) is 29.4 Å². The second kappa shape index (κ2) is 6.11. The highest BCUT2D eigenvalue weighted by molar-refractivity contribution is 6.35. The van der Waals surface area contributed by atoms with Crippen LogP contribution in [0.1, 0.15) is 12.5 Å². The van der Waals surface area contributed by atoms with Gasteiger partial charge in [0.25, 0.3) is 5.91 Å². The maximum absolute atomic E-state index is 13.1. The fourth-order valence-electron chi connectivity index (χ4n) is 2.92. The quantitative estimate of drug-likeness (QED) is 0.759. The number of hydrogen-bond acceptors (Lipinski definition) is 2. The van der Waals surface area contributed by atoms with Crippen molar-refractivity contribution >= 4 is 40.8 Å². The average Bonchev–Trinajstić information content (AvgIpc) is 2.69. The molecule has 2 aromatic rings. The molecule has 6 heteroatoms. The van der Waals surface area contributed by atoms with Crippen molar-refractivity contribution < 1.29 is 9.59 Å². The zero-order chi connectivity index (χ0) is 17.5. The summed E-state index contributed by atoms with van der Waals surface area (Å²) in [6, 6.07) is 13.9. The summed E-state index contributed by atoms with van der Waals surface area (Å²) in [7, 11) is 1.63. The normalized spacial score (nSPS) is 20.8. The first-order valence-corrected chi connectivity index (χ1v) is 8.21. The largest absolute Gasteiger partial charge is 0.332 e. The Hall–Kier alpha value is -2.04. The SMILES string of the molecule is CN1C(=O)N(c2cc(Cl)cc(Cl)c2)C(=O)[C@]1(C)Cc1ccccc1. The number of hydrogen-bond donors (Lipinski definition) is 0. The van der Waals surface area contributed by atoms with E-state index in [0.29, 0.717) is 22.2 Å². The molecule has 1 heterocycles. The predicted molar refractivity (Wildman–Crippen MR) is 95.7 cm³/mol. The zero-order valence-corrected chi connectivity index (χ0v) is 14.8. The van der Waals surface area contributed by atoms with Crippen molar-refractivity contribution in [3.05, 3.63) is 64.1 Å². The molecule has 1 fully saturated rings. The highest BCUT2D eigenvalue weighted by Crippen LogP contribution is 2.35. The van der Waals surface area contributed by atoms with E-state index in [1.165, 1.54) is 4.90 Å². The van der Waals surface area contributed by atoms with E-state index in [0.717, 1.165) is 10.5 Å². The molecule has 0 N–H and O–H groups in total. The first-order valence-electron chi connectivity index (χ1n) is 7.45. The average molecular weight is 363 g/mol. The monoisotopic (exact) mass is 362 g/mol. The van der Waals surface area contributed by atoms with Gasteiger partial charge in [0.05, 0.1) is 5.69 Å². The Morgan fingerprint density at radius 2 is 1.58 bits per heavy atom. The number of amides is 3. The third-order valence-corrected chi connectivity index (χ3v) is 4.82. The number of carbonyl (C=O) groups excluding carboxylic acids is 2. The summed E-state index contributed by atoms with van der Waals surface area (Å²) in [6.45, 7) is 1.77. The Bertz CT molecular complexity index is 790. The molecule has 0 radical (unpaired) electrons. The Morgan fingerprint density at radius 3 is 2.17 bits per heavy atom. The van der Waals surface area contributed by atoms with Gasteiger partial charge in [-0.25, -0.2) is 9.69 Å². The van der Waals surface area contributed by atoms with Gasteiger partial charge < -0.3 is 4.90 Å². The van der Waals surface area contributed by atoms with E-state index in [-0.39, 0.29) is 5.91 Å². The van der Waals surface area contributed by atoms with Crippen molar-refractivity contribution in [1.29, 1.82) is 0 Å². The van der Waals surface area contributed by atoms with Crippen LogP contribution < -0.4 is 4.90 Å². The van der Waals surface area contributed by atoms with E-state index < -0.39 is 11.6 Å². The minimum atomic E-state index is -0.965. The fraction of sp³-hybridized carbons (Fsp3) is 0.222. The van der Waals surface area contributed by atoms with Gasteiger partial charge in [-0.1, -0.05) is 53.5 Å². The Balaban J connectivity index is 2.00. The molecule has 3 rings (SSSR count). The van der Waals surface area contributed by atoms with Crippen LogP contribution in [0.4, 0.5) is 10.5 Å². The van der Waals surface area contributed by atoms with Gasteiger partial charge in [0, 0.05) is 23.5 Å². The van der Waals surface area contributed by atoms with Crippen molar-refractivity contribution in [2.75, 3.05) is 11.9 Å². The van der Waals surface area contributed by atoms with Crippen LogP contribution in [0, 0.1) is 0 Å². The summed E-state index contributed by atoms with van der Waals surface area (Å²) >= 11 is 12.0. The van der Waals surface area contributed by atoms with E-state index in [9.17, 15) is 9.59 Å². The number of anilines is 1. The number of rotatable bonds is 3. The van der Waals surface area contributed by atoms with Gasteiger partial charge in [-0.15, -0.1) is 0 Å². The minimum absolute atomic E-state index is 0.294. The Labute approximate surface area is 150 Å². The van der Waals surface area contributed by atoms with Gasteiger partial charge in [0.15, 0.2) is 0 Å². The highest BCUT2D eigenvalue weighted by Gasteiger charge is 2.53. The van der Waals surface area contributed by atoms with Crippen molar-refractivity contribution in [1.82, 2.24) is 4.90 Å².